The van der Waals surface area contributed by atoms with Crippen LogP contribution in [0.25, 0.3) is 0 Å². The van der Waals surface area contributed by atoms with Crippen molar-refractivity contribution in [2.24, 2.45) is 5.73 Å². The van der Waals surface area contributed by atoms with Crippen molar-refractivity contribution in [2.75, 3.05) is 19.8 Å². The van der Waals surface area contributed by atoms with E-state index in [-0.39, 0.29) is 33.7 Å². The van der Waals surface area contributed by atoms with Gasteiger partial charge in [0.05, 0.1) is 11.6 Å². The number of benzene rings is 1. The fourth-order valence-corrected chi connectivity index (χ4v) is 3.74. The summed E-state index contributed by atoms with van der Waals surface area (Å²) in [6.45, 7) is 7.79. The molecule has 0 aliphatic rings. The van der Waals surface area contributed by atoms with Crippen LogP contribution in [0.15, 0.2) is 24.3 Å². The van der Waals surface area contributed by atoms with Crippen LogP contribution in [0.2, 0.25) is 10.0 Å². The lowest BCUT2D eigenvalue weighted by Crippen LogP contribution is -2.48. The Labute approximate surface area is 218 Å². The summed E-state index contributed by atoms with van der Waals surface area (Å²) in [6, 6.07) is 1.95. The fraction of sp³-hybridized carbons (Fsp3) is 0.577. The third-order valence-electron chi connectivity index (χ3n) is 5.50. The Morgan fingerprint density at radius 1 is 1.00 bits per heavy atom. The molecule has 1 rings (SSSR count). The Kier molecular flexibility index (Phi) is 15.3. The fourth-order valence-electron chi connectivity index (χ4n) is 3.28. The van der Waals surface area contributed by atoms with Gasteiger partial charge in [-0.2, -0.15) is 0 Å². The molecule has 0 saturated heterocycles. The second-order valence-electron chi connectivity index (χ2n) is 8.39. The van der Waals surface area contributed by atoms with Gasteiger partial charge < -0.3 is 20.5 Å². The van der Waals surface area contributed by atoms with Crippen LogP contribution in [0.1, 0.15) is 82.0 Å². The second-order valence-corrected chi connectivity index (χ2v) is 9.14. The number of nitrogens with two attached hydrogens (primary N) is 1. The molecule has 35 heavy (non-hydrogen) atoms. The van der Waals surface area contributed by atoms with Crippen LogP contribution in [0.4, 0.5) is 0 Å². The summed E-state index contributed by atoms with van der Waals surface area (Å²) in [5.74, 6) is -1.45. The maximum absolute atomic E-state index is 12.3. The van der Waals surface area contributed by atoms with Crippen molar-refractivity contribution in [3.8, 4) is 5.75 Å². The zero-order valence-corrected chi connectivity index (χ0v) is 22.3. The number of amides is 2. The van der Waals surface area contributed by atoms with E-state index in [9.17, 15) is 14.4 Å². The monoisotopic (exact) mass is 528 g/mol. The molecule has 0 heterocycles. The van der Waals surface area contributed by atoms with Crippen molar-refractivity contribution in [2.45, 2.75) is 77.7 Å². The van der Waals surface area contributed by atoms with E-state index in [1.807, 2.05) is 6.92 Å². The van der Waals surface area contributed by atoms with E-state index in [0.717, 1.165) is 19.3 Å². The molecule has 3 N–H and O–H groups in total. The van der Waals surface area contributed by atoms with E-state index < -0.39 is 24.5 Å². The zero-order chi connectivity index (χ0) is 26.2. The van der Waals surface area contributed by atoms with E-state index in [0.29, 0.717) is 18.6 Å². The molecule has 0 radical (unpaired) electrons. The van der Waals surface area contributed by atoms with Gasteiger partial charge in [-0.25, -0.2) is 0 Å². The molecule has 2 amide bonds. The number of Topliss-reactive ketones (excluding diaryl/α,β-unsaturated/α-hetero) is 1. The predicted octanol–water partition coefficient (Wildman–Crippen LogP) is 5.65. The van der Waals surface area contributed by atoms with Crippen LogP contribution >= 0.6 is 23.2 Å². The number of hydrogen-bond acceptors (Lipinski definition) is 5. The van der Waals surface area contributed by atoms with E-state index in [4.69, 9.17) is 38.4 Å². The molecule has 196 valence electrons. The molecule has 0 unspecified atom stereocenters. The van der Waals surface area contributed by atoms with Crippen LogP contribution in [0, 0.1) is 0 Å². The minimum Gasteiger partial charge on any atom is -0.482 e. The topological polar surface area (TPSA) is 108 Å². The smallest absolute Gasteiger partial charge is 0.258 e. The highest BCUT2D eigenvalue weighted by atomic mass is 35.5. The number of unbranched alkanes of at least 4 members (excludes halogenated alkanes) is 7. The highest BCUT2D eigenvalue weighted by Gasteiger charge is 2.21. The van der Waals surface area contributed by atoms with Crippen molar-refractivity contribution >= 4 is 40.8 Å². The van der Waals surface area contributed by atoms with Gasteiger partial charge in [0.25, 0.3) is 5.91 Å². The van der Waals surface area contributed by atoms with E-state index >= 15 is 0 Å². The largest absolute Gasteiger partial charge is 0.482 e. The molecule has 1 aromatic rings. The van der Waals surface area contributed by atoms with Gasteiger partial charge in [0.15, 0.2) is 12.4 Å². The van der Waals surface area contributed by atoms with Gasteiger partial charge in [-0.05, 0) is 30.5 Å². The first-order chi connectivity index (χ1) is 16.7. The van der Waals surface area contributed by atoms with Gasteiger partial charge in [-0.3, -0.25) is 14.4 Å². The third-order valence-corrected chi connectivity index (χ3v) is 6.37. The molecule has 0 saturated carbocycles. The first-order valence-electron chi connectivity index (χ1n) is 12.2. The number of halogens is 2. The summed E-state index contributed by atoms with van der Waals surface area (Å²) in [6.07, 6.45) is 9.90. The van der Waals surface area contributed by atoms with Gasteiger partial charge >= 0.3 is 0 Å². The summed E-state index contributed by atoms with van der Waals surface area (Å²) in [5, 5.41) is 2.53. The minimum absolute atomic E-state index is 0.00867. The highest BCUT2D eigenvalue weighted by Crippen LogP contribution is 2.35. The molecular weight excluding hydrogens is 491 g/mol. The molecule has 9 heteroatoms. The van der Waals surface area contributed by atoms with Crippen LogP contribution in [-0.2, 0) is 14.3 Å². The number of allylic oxidation sites excluding steroid dienone is 1. The van der Waals surface area contributed by atoms with Crippen molar-refractivity contribution in [3.63, 3.8) is 0 Å². The Morgan fingerprint density at radius 3 is 2.23 bits per heavy atom. The third kappa shape index (κ3) is 11.5. The minimum atomic E-state index is -0.973. The summed E-state index contributed by atoms with van der Waals surface area (Å²) in [5.41, 5.74) is 6.00. The molecule has 0 aliphatic carbocycles. The standard InChI is InChI=1S/C26H38Cl2N2O5/c1-4-6-7-8-9-10-11-12-15-34-16-20(26(29)33)30-22(31)17-35-21-14-13-19(23(27)24(21)28)25(32)18(3)5-2/h13-14,20H,3-12,15-17H2,1-2H3,(H2,29,33)(H,30,31)/t20-/m0/s1. The lowest BCUT2D eigenvalue weighted by atomic mass is 10.0. The average molecular weight is 530 g/mol. The molecule has 0 aliphatic heterocycles. The van der Waals surface area contributed by atoms with Gasteiger partial charge in [0.2, 0.25) is 5.91 Å². The lowest BCUT2D eigenvalue weighted by Gasteiger charge is -2.17. The van der Waals surface area contributed by atoms with E-state index in [1.165, 1.54) is 44.2 Å². The Bertz CT molecular complexity index is 860. The van der Waals surface area contributed by atoms with Gasteiger partial charge in [0, 0.05) is 12.2 Å². The summed E-state index contributed by atoms with van der Waals surface area (Å²) in [4.78, 5) is 36.3. The maximum Gasteiger partial charge on any atom is 0.258 e. The first kappa shape index (κ1) is 30.9. The quantitative estimate of drug-likeness (QED) is 0.137. The molecule has 7 nitrogen and oxygen atoms in total. The zero-order valence-electron chi connectivity index (χ0n) is 20.8. The lowest BCUT2D eigenvalue weighted by molar-refractivity contribution is -0.130. The maximum atomic E-state index is 12.3. The molecule has 0 spiro atoms. The van der Waals surface area contributed by atoms with E-state index in [2.05, 4.69) is 18.8 Å². The number of ether oxygens (including phenoxy) is 2. The van der Waals surface area contributed by atoms with Crippen molar-refractivity contribution in [1.29, 1.82) is 0 Å². The number of ketones is 1. The SMILES string of the molecule is C=C(CC)C(=O)c1ccc(OCC(=O)N[C@@H](COCCCCCCCCCC)C(N)=O)c(Cl)c1Cl. The van der Waals surface area contributed by atoms with Crippen LogP contribution in [0.5, 0.6) is 5.75 Å². The number of carbonyl (C=O) groups is 3. The Hall–Kier alpha value is -2.09. The normalized spacial score (nSPS) is 11.7. The Morgan fingerprint density at radius 2 is 1.63 bits per heavy atom. The molecule has 0 bridgehead atoms. The van der Waals surface area contributed by atoms with Crippen molar-refractivity contribution < 1.29 is 23.9 Å². The summed E-state index contributed by atoms with van der Waals surface area (Å²) in [7, 11) is 0. The number of primary amides is 1. The number of hydrogen-bond donors (Lipinski definition) is 2. The molecule has 0 aromatic heterocycles. The summed E-state index contributed by atoms with van der Waals surface area (Å²) < 4.78 is 11.0. The molecular formula is C26H38Cl2N2O5. The van der Waals surface area contributed by atoms with Crippen LogP contribution < -0.4 is 15.8 Å². The second kappa shape index (κ2) is 17.4. The summed E-state index contributed by atoms with van der Waals surface area (Å²) >= 11 is 12.4. The average Bonchev–Trinajstić information content (AvgIpc) is 2.84. The predicted molar refractivity (Wildman–Crippen MR) is 140 cm³/mol. The van der Waals surface area contributed by atoms with Gasteiger partial charge in [-0.1, -0.05) is 88.6 Å². The van der Waals surface area contributed by atoms with Crippen LogP contribution in [0.3, 0.4) is 0 Å². The first-order valence-corrected chi connectivity index (χ1v) is 13.0. The van der Waals surface area contributed by atoms with Gasteiger partial charge in [-0.15, -0.1) is 0 Å². The molecule has 0 fully saturated rings. The van der Waals surface area contributed by atoms with Crippen molar-refractivity contribution in [1.82, 2.24) is 5.32 Å². The van der Waals surface area contributed by atoms with Crippen LogP contribution in [-0.4, -0.2) is 43.5 Å². The van der Waals surface area contributed by atoms with Crippen molar-refractivity contribution in [3.05, 3.63) is 39.9 Å². The molecule has 1 aromatic carbocycles. The number of rotatable bonds is 19. The van der Waals surface area contributed by atoms with Gasteiger partial charge in [0.1, 0.15) is 16.8 Å². The number of nitrogens with one attached hydrogen (secondary N) is 1. The number of carbonyl (C=O) groups excluding carboxylic acids is 3. The van der Waals surface area contributed by atoms with E-state index in [1.54, 1.807) is 0 Å². The molecule has 1 atom stereocenters. The highest BCUT2D eigenvalue weighted by molar-refractivity contribution is 6.45. The Balaban J connectivity index is 2.44.